The largest absolute Gasteiger partial charge is 0.390 e. The van der Waals surface area contributed by atoms with E-state index in [0.29, 0.717) is 30.8 Å². The lowest BCUT2D eigenvalue weighted by Crippen LogP contribution is -2.36. The molecule has 0 aliphatic heterocycles. The molecular formula is C27H39N7O3. The van der Waals surface area contributed by atoms with Crippen LogP contribution in [0.2, 0.25) is 0 Å². The number of nitrogens with zero attached hydrogens (tertiary/aromatic N) is 4. The van der Waals surface area contributed by atoms with Crippen LogP contribution in [0.1, 0.15) is 50.8 Å². The molecule has 6 N–H and O–H groups in total. The standard InChI is InChI=1S/C27H39N7O3/c1-27(2,3)18-6-8-19(9-7-18)32-26(37)29-12-5-13-33(4)15-17-14-20(24(36)23(17)35)21-10-11-22-25(28)30-16-31-34(21)22/h6-11,16-17,20,23-24,35-36H,5,12-15H2,1-4H3,(H2,28,30,31)(H2,29,32,37)/t17-,20+,23-,24+/m1/s1. The van der Waals surface area contributed by atoms with Gasteiger partial charge in [0.2, 0.25) is 0 Å². The van der Waals surface area contributed by atoms with Crippen LogP contribution >= 0.6 is 0 Å². The zero-order valence-corrected chi connectivity index (χ0v) is 22.1. The minimum Gasteiger partial charge on any atom is -0.390 e. The van der Waals surface area contributed by atoms with E-state index in [1.165, 1.54) is 11.9 Å². The Morgan fingerprint density at radius 3 is 2.59 bits per heavy atom. The van der Waals surface area contributed by atoms with Gasteiger partial charge in [-0.2, -0.15) is 5.10 Å². The van der Waals surface area contributed by atoms with Crippen molar-refractivity contribution < 1.29 is 15.0 Å². The Labute approximate surface area is 217 Å². The minimum atomic E-state index is -0.879. The Bertz CT molecular complexity index is 1200. The first-order valence-electron chi connectivity index (χ1n) is 12.8. The van der Waals surface area contributed by atoms with Crippen LogP contribution in [0.15, 0.2) is 42.7 Å². The molecule has 10 heteroatoms. The smallest absolute Gasteiger partial charge is 0.319 e. The van der Waals surface area contributed by atoms with Crippen LogP contribution < -0.4 is 16.4 Å². The van der Waals surface area contributed by atoms with Gasteiger partial charge in [-0.15, -0.1) is 0 Å². The van der Waals surface area contributed by atoms with E-state index in [1.54, 1.807) is 4.52 Å². The number of nitrogens with one attached hydrogen (secondary N) is 2. The van der Waals surface area contributed by atoms with Crippen LogP contribution in [0.25, 0.3) is 5.52 Å². The molecule has 1 aromatic carbocycles. The summed E-state index contributed by atoms with van der Waals surface area (Å²) in [5.74, 6) is 0.0568. The fourth-order valence-corrected chi connectivity index (χ4v) is 5.13. The summed E-state index contributed by atoms with van der Waals surface area (Å²) >= 11 is 0. The second-order valence-electron chi connectivity index (χ2n) is 11.1. The summed E-state index contributed by atoms with van der Waals surface area (Å²) in [6.45, 7) is 8.39. The first-order chi connectivity index (χ1) is 17.5. The number of fused-ring (bicyclic) bond motifs is 1. The maximum absolute atomic E-state index is 12.2. The van der Waals surface area contributed by atoms with Gasteiger partial charge >= 0.3 is 6.03 Å². The number of nitrogen functional groups attached to an aromatic ring is 1. The molecule has 10 nitrogen and oxygen atoms in total. The summed E-state index contributed by atoms with van der Waals surface area (Å²) in [5, 5.41) is 31.6. The van der Waals surface area contributed by atoms with Crippen LogP contribution in [0.5, 0.6) is 0 Å². The Morgan fingerprint density at radius 1 is 1.16 bits per heavy atom. The lowest BCUT2D eigenvalue weighted by atomic mass is 9.87. The van der Waals surface area contributed by atoms with Crippen molar-refractivity contribution in [3.63, 3.8) is 0 Å². The average Bonchev–Trinajstić information content (AvgIpc) is 3.39. The van der Waals surface area contributed by atoms with E-state index in [2.05, 4.69) is 46.4 Å². The zero-order valence-electron chi connectivity index (χ0n) is 22.1. The maximum Gasteiger partial charge on any atom is 0.319 e. The summed E-state index contributed by atoms with van der Waals surface area (Å²) in [6, 6.07) is 11.4. The molecule has 1 fully saturated rings. The summed E-state index contributed by atoms with van der Waals surface area (Å²) < 4.78 is 1.70. The molecular weight excluding hydrogens is 470 g/mol. The first-order valence-corrected chi connectivity index (χ1v) is 12.8. The third kappa shape index (κ3) is 6.20. The predicted molar refractivity (Wildman–Crippen MR) is 145 cm³/mol. The molecule has 4 rings (SSSR count). The average molecular weight is 510 g/mol. The number of urea groups is 1. The number of amides is 2. The monoisotopic (exact) mass is 509 g/mol. The number of carbonyl (C=O) groups excluding carboxylic acids is 1. The molecule has 1 saturated carbocycles. The van der Waals surface area contributed by atoms with E-state index in [1.807, 2.05) is 43.4 Å². The normalized spacial score (nSPS) is 22.0. The highest BCUT2D eigenvalue weighted by Crippen LogP contribution is 2.39. The second kappa shape index (κ2) is 11.0. The number of aliphatic hydroxyl groups is 2. The number of aliphatic hydroxyl groups excluding tert-OH is 2. The number of aromatic nitrogens is 3. The number of carbonyl (C=O) groups is 1. The Kier molecular flexibility index (Phi) is 8.01. The van der Waals surface area contributed by atoms with Gasteiger partial charge in [0.25, 0.3) is 0 Å². The van der Waals surface area contributed by atoms with Gasteiger partial charge in [0.15, 0.2) is 5.82 Å². The van der Waals surface area contributed by atoms with Gasteiger partial charge in [0.05, 0.1) is 12.2 Å². The SMILES string of the molecule is CN(CCCNC(=O)Nc1ccc(C(C)(C)C)cc1)C[C@H]1C[C@@H](c2ccc3c(N)ncnn23)[C@H](O)[C@@H]1O. The third-order valence-corrected chi connectivity index (χ3v) is 7.25. The van der Waals surface area contributed by atoms with Gasteiger partial charge in [0.1, 0.15) is 11.8 Å². The molecule has 0 bridgehead atoms. The van der Waals surface area contributed by atoms with Crippen LogP contribution in [0.3, 0.4) is 0 Å². The van der Waals surface area contributed by atoms with Crippen molar-refractivity contribution in [2.75, 3.05) is 37.7 Å². The Hall–Kier alpha value is -3.21. The van der Waals surface area contributed by atoms with Crippen LogP contribution in [-0.2, 0) is 5.41 Å². The number of rotatable bonds is 8. The van der Waals surface area contributed by atoms with Gasteiger partial charge < -0.3 is 31.5 Å². The van der Waals surface area contributed by atoms with E-state index in [4.69, 9.17) is 5.73 Å². The van der Waals surface area contributed by atoms with Crippen LogP contribution in [0, 0.1) is 5.92 Å². The molecule has 2 aromatic heterocycles. The van der Waals surface area contributed by atoms with Crippen molar-refractivity contribution in [1.29, 1.82) is 0 Å². The Balaban J connectivity index is 1.21. The number of hydrogen-bond donors (Lipinski definition) is 5. The highest BCUT2D eigenvalue weighted by Gasteiger charge is 2.43. The zero-order chi connectivity index (χ0) is 26.7. The lowest BCUT2D eigenvalue weighted by molar-refractivity contribution is 0.00807. The maximum atomic E-state index is 12.2. The molecule has 0 radical (unpaired) electrons. The van der Waals surface area contributed by atoms with Gasteiger partial charge in [-0.1, -0.05) is 32.9 Å². The van der Waals surface area contributed by atoms with Crippen LogP contribution in [0.4, 0.5) is 16.3 Å². The molecule has 1 aliphatic rings. The molecule has 4 atom stereocenters. The van der Waals surface area contributed by atoms with Crippen molar-refractivity contribution >= 4 is 23.1 Å². The quantitative estimate of drug-likeness (QED) is 0.294. The second-order valence-corrected chi connectivity index (χ2v) is 11.1. The van der Waals surface area contributed by atoms with Gasteiger partial charge in [0, 0.05) is 36.3 Å². The molecule has 3 aromatic rings. The number of benzene rings is 1. The molecule has 0 unspecified atom stereocenters. The summed E-state index contributed by atoms with van der Waals surface area (Å²) in [7, 11) is 1.99. The lowest BCUT2D eigenvalue weighted by Gasteiger charge is -2.23. The number of nitrogens with two attached hydrogens (primary N) is 1. The Morgan fingerprint density at radius 2 is 1.89 bits per heavy atom. The van der Waals surface area contributed by atoms with E-state index in [-0.39, 0.29) is 23.3 Å². The van der Waals surface area contributed by atoms with Crippen molar-refractivity contribution in [2.45, 2.75) is 57.2 Å². The topological polar surface area (TPSA) is 141 Å². The van der Waals surface area contributed by atoms with E-state index >= 15 is 0 Å². The minimum absolute atomic E-state index is 0.0701. The molecule has 2 heterocycles. The predicted octanol–water partition coefficient (Wildman–Crippen LogP) is 2.58. The molecule has 1 aliphatic carbocycles. The van der Waals surface area contributed by atoms with Gasteiger partial charge in [-0.05, 0) is 61.7 Å². The van der Waals surface area contributed by atoms with Gasteiger partial charge in [-0.3, -0.25) is 0 Å². The van der Waals surface area contributed by atoms with E-state index in [0.717, 1.165) is 24.3 Å². The van der Waals surface area contributed by atoms with Crippen molar-refractivity contribution in [2.24, 2.45) is 5.92 Å². The highest BCUT2D eigenvalue weighted by molar-refractivity contribution is 5.89. The molecule has 0 saturated heterocycles. The molecule has 2 amide bonds. The van der Waals surface area contributed by atoms with Crippen molar-refractivity contribution in [1.82, 2.24) is 24.8 Å². The van der Waals surface area contributed by atoms with E-state index < -0.39 is 12.2 Å². The molecule has 0 spiro atoms. The number of anilines is 2. The fraction of sp³-hybridized carbons (Fsp3) is 0.519. The van der Waals surface area contributed by atoms with E-state index in [9.17, 15) is 15.0 Å². The highest BCUT2D eigenvalue weighted by atomic mass is 16.3. The fourth-order valence-electron chi connectivity index (χ4n) is 5.13. The molecule has 37 heavy (non-hydrogen) atoms. The first kappa shape index (κ1) is 26.8. The summed E-state index contributed by atoms with van der Waals surface area (Å²) in [6.07, 6.45) is 1.09. The van der Waals surface area contributed by atoms with Crippen LogP contribution in [-0.4, -0.2) is 74.6 Å². The third-order valence-electron chi connectivity index (χ3n) is 7.25. The summed E-state index contributed by atoms with van der Waals surface area (Å²) in [5.41, 5.74) is 9.50. The molecule has 200 valence electrons. The van der Waals surface area contributed by atoms with Crippen molar-refractivity contribution in [3.8, 4) is 0 Å². The van der Waals surface area contributed by atoms with Gasteiger partial charge in [-0.25, -0.2) is 14.3 Å². The number of hydrogen-bond acceptors (Lipinski definition) is 7. The van der Waals surface area contributed by atoms with Crippen molar-refractivity contribution in [3.05, 3.63) is 54.0 Å². The summed E-state index contributed by atoms with van der Waals surface area (Å²) in [4.78, 5) is 18.4.